The SMILES string of the molecule is C=C[C@H](OC)[C@H](CO)OC. The molecule has 60 valence electrons. The molecule has 0 spiro atoms. The van der Waals surface area contributed by atoms with Gasteiger partial charge in [0.25, 0.3) is 0 Å². The first-order valence-corrected chi connectivity index (χ1v) is 3.09. The van der Waals surface area contributed by atoms with Gasteiger partial charge in [-0.25, -0.2) is 0 Å². The van der Waals surface area contributed by atoms with Crippen molar-refractivity contribution >= 4 is 0 Å². The third-order valence-electron chi connectivity index (χ3n) is 1.35. The van der Waals surface area contributed by atoms with Crippen molar-refractivity contribution in [3.63, 3.8) is 0 Å². The van der Waals surface area contributed by atoms with Gasteiger partial charge in [0.1, 0.15) is 12.2 Å². The molecule has 0 aromatic rings. The van der Waals surface area contributed by atoms with E-state index in [0.717, 1.165) is 0 Å². The Morgan fingerprint density at radius 3 is 2.20 bits per heavy atom. The summed E-state index contributed by atoms with van der Waals surface area (Å²) < 4.78 is 9.84. The van der Waals surface area contributed by atoms with Crippen LogP contribution in [0.3, 0.4) is 0 Å². The maximum absolute atomic E-state index is 8.71. The molecule has 10 heavy (non-hydrogen) atoms. The highest BCUT2D eigenvalue weighted by Crippen LogP contribution is 2.01. The van der Waals surface area contributed by atoms with Gasteiger partial charge in [0, 0.05) is 14.2 Å². The Morgan fingerprint density at radius 2 is 2.10 bits per heavy atom. The highest BCUT2D eigenvalue weighted by molar-refractivity contribution is 4.86. The normalized spacial score (nSPS) is 16.3. The smallest absolute Gasteiger partial charge is 0.110 e. The quantitative estimate of drug-likeness (QED) is 0.563. The Labute approximate surface area is 61.3 Å². The van der Waals surface area contributed by atoms with Crippen molar-refractivity contribution < 1.29 is 14.6 Å². The van der Waals surface area contributed by atoms with Crippen LogP contribution in [0.5, 0.6) is 0 Å². The lowest BCUT2D eigenvalue weighted by Gasteiger charge is -2.19. The summed E-state index contributed by atoms with van der Waals surface area (Å²) in [6.45, 7) is 3.48. The summed E-state index contributed by atoms with van der Waals surface area (Å²) in [5.41, 5.74) is 0. The number of aliphatic hydroxyl groups excluding tert-OH is 1. The standard InChI is InChI=1S/C7H14O3/c1-4-6(9-2)7(5-8)10-3/h4,6-8H,1,5H2,2-3H3/t6-,7-/m0/s1. The Hall–Kier alpha value is -0.380. The molecule has 3 heteroatoms. The highest BCUT2D eigenvalue weighted by Gasteiger charge is 2.15. The zero-order valence-corrected chi connectivity index (χ0v) is 6.41. The average Bonchev–Trinajstić information content (AvgIpc) is 2.00. The van der Waals surface area contributed by atoms with E-state index in [1.54, 1.807) is 13.2 Å². The zero-order valence-electron chi connectivity index (χ0n) is 6.41. The van der Waals surface area contributed by atoms with Crippen LogP contribution in [0.25, 0.3) is 0 Å². The second-order valence-electron chi connectivity index (χ2n) is 1.89. The van der Waals surface area contributed by atoms with Gasteiger partial charge in [0.2, 0.25) is 0 Å². The summed E-state index contributed by atoms with van der Waals surface area (Å²) in [7, 11) is 3.07. The summed E-state index contributed by atoms with van der Waals surface area (Å²) in [6, 6.07) is 0. The molecule has 0 rings (SSSR count). The first kappa shape index (κ1) is 9.62. The van der Waals surface area contributed by atoms with E-state index >= 15 is 0 Å². The maximum atomic E-state index is 8.71. The van der Waals surface area contributed by atoms with E-state index in [-0.39, 0.29) is 18.8 Å². The van der Waals surface area contributed by atoms with Gasteiger partial charge in [-0.15, -0.1) is 6.58 Å². The molecule has 0 aliphatic heterocycles. The van der Waals surface area contributed by atoms with E-state index in [1.807, 2.05) is 0 Å². The molecule has 0 heterocycles. The van der Waals surface area contributed by atoms with Crippen LogP contribution in [0.15, 0.2) is 12.7 Å². The van der Waals surface area contributed by atoms with Crippen LogP contribution >= 0.6 is 0 Å². The van der Waals surface area contributed by atoms with Crippen molar-refractivity contribution in [3.8, 4) is 0 Å². The Balaban J connectivity index is 3.81. The second-order valence-corrected chi connectivity index (χ2v) is 1.89. The van der Waals surface area contributed by atoms with Gasteiger partial charge in [-0.2, -0.15) is 0 Å². The molecule has 0 saturated carbocycles. The molecule has 0 fully saturated rings. The molecule has 0 amide bonds. The molecule has 2 atom stereocenters. The monoisotopic (exact) mass is 146 g/mol. The van der Waals surface area contributed by atoms with E-state index in [1.165, 1.54) is 7.11 Å². The van der Waals surface area contributed by atoms with Crippen LogP contribution in [-0.2, 0) is 9.47 Å². The van der Waals surface area contributed by atoms with Crippen molar-refractivity contribution in [2.75, 3.05) is 20.8 Å². The summed E-state index contributed by atoms with van der Waals surface area (Å²) in [6.07, 6.45) is 1.07. The number of hydrogen-bond acceptors (Lipinski definition) is 3. The van der Waals surface area contributed by atoms with E-state index in [0.29, 0.717) is 0 Å². The molecule has 0 aliphatic carbocycles. The third-order valence-corrected chi connectivity index (χ3v) is 1.35. The molecule has 0 saturated heterocycles. The fourth-order valence-corrected chi connectivity index (χ4v) is 0.712. The average molecular weight is 146 g/mol. The molecule has 0 aromatic heterocycles. The zero-order chi connectivity index (χ0) is 7.98. The van der Waals surface area contributed by atoms with Crippen LogP contribution in [0.2, 0.25) is 0 Å². The molecule has 0 bridgehead atoms. The fourth-order valence-electron chi connectivity index (χ4n) is 0.712. The first-order valence-electron chi connectivity index (χ1n) is 3.09. The number of hydrogen-bond donors (Lipinski definition) is 1. The molecule has 0 aromatic carbocycles. The minimum absolute atomic E-state index is 0.0545. The van der Waals surface area contributed by atoms with Crippen LogP contribution in [0.1, 0.15) is 0 Å². The number of aliphatic hydroxyl groups is 1. The molecule has 0 radical (unpaired) electrons. The topological polar surface area (TPSA) is 38.7 Å². The molecule has 0 unspecified atom stereocenters. The van der Waals surface area contributed by atoms with Crippen LogP contribution in [0.4, 0.5) is 0 Å². The van der Waals surface area contributed by atoms with Crippen LogP contribution < -0.4 is 0 Å². The van der Waals surface area contributed by atoms with E-state index in [9.17, 15) is 0 Å². The highest BCUT2D eigenvalue weighted by atomic mass is 16.5. The fraction of sp³-hybridized carbons (Fsp3) is 0.714. The Bertz CT molecular complexity index is 88.9. The summed E-state index contributed by atoms with van der Waals surface area (Å²) in [5, 5.41) is 8.71. The lowest BCUT2D eigenvalue weighted by Crippen LogP contribution is -2.31. The number of methoxy groups -OCH3 is 2. The maximum Gasteiger partial charge on any atom is 0.110 e. The lowest BCUT2D eigenvalue weighted by atomic mass is 10.2. The van der Waals surface area contributed by atoms with Crippen molar-refractivity contribution in [2.45, 2.75) is 12.2 Å². The third kappa shape index (κ3) is 2.47. The molecular formula is C7H14O3. The van der Waals surface area contributed by atoms with Crippen molar-refractivity contribution in [1.29, 1.82) is 0 Å². The van der Waals surface area contributed by atoms with Crippen molar-refractivity contribution in [1.82, 2.24) is 0 Å². The van der Waals surface area contributed by atoms with Gasteiger partial charge in [-0.1, -0.05) is 6.08 Å². The van der Waals surface area contributed by atoms with Gasteiger partial charge >= 0.3 is 0 Å². The molecule has 3 nitrogen and oxygen atoms in total. The minimum atomic E-state index is -0.303. The lowest BCUT2D eigenvalue weighted by molar-refractivity contribution is -0.0385. The van der Waals surface area contributed by atoms with Crippen LogP contribution in [-0.4, -0.2) is 38.1 Å². The minimum Gasteiger partial charge on any atom is -0.394 e. The summed E-state index contributed by atoms with van der Waals surface area (Å²) in [4.78, 5) is 0. The number of ether oxygens (including phenoxy) is 2. The van der Waals surface area contributed by atoms with Gasteiger partial charge in [0.15, 0.2) is 0 Å². The Kier molecular flexibility index (Phi) is 5.20. The largest absolute Gasteiger partial charge is 0.394 e. The van der Waals surface area contributed by atoms with E-state index in [2.05, 4.69) is 6.58 Å². The van der Waals surface area contributed by atoms with E-state index in [4.69, 9.17) is 14.6 Å². The van der Waals surface area contributed by atoms with Crippen molar-refractivity contribution in [2.24, 2.45) is 0 Å². The van der Waals surface area contributed by atoms with Gasteiger partial charge < -0.3 is 14.6 Å². The molecular weight excluding hydrogens is 132 g/mol. The molecule has 1 N–H and O–H groups in total. The predicted molar refractivity (Wildman–Crippen MR) is 38.9 cm³/mol. The number of rotatable bonds is 5. The summed E-state index contributed by atoms with van der Waals surface area (Å²) >= 11 is 0. The van der Waals surface area contributed by atoms with Crippen LogP contribution in [0, 0.1) is 0 Å². The second kappa shape index (κ2) is 5.41. The Morgan fingerprint density at radius 1 is 1.50 bits per heavy atom. The van der Waals surface area contributed by atoms with Crippen molar-refractivity contribution in [3.05, 3.63) is 12.7 Å². The van der Waals surface area contributed by atoms with Gasteiger partial charge in [-0.3, -0.25) is 0 Å². The van der Waals surface area contributed by atoms with Gasteiger partial charge in [-0.05, 0) is 0 Å². The molecule has 0 aliphatic rings. The van der Waals surface area contributed by atoms with Gasteiger partial charge in [0.05, 0.1) is 6.61 Å². The van der Waals surface area contributed by atoms with E-state index < -0.39 is 0 Å². The first-order chi connectivity index (χ1) is 4.79. The summed E-state index contributed by atoms with van der Waals surface area (Å²) in [5.74, 6) is 0. The predicted octanol–water partition coefficient (Wildman–Crippen LogP) is 0.195.